The van der Waals surface area contributed by atoms with Crippen LogP contribution in [0.3, 0.4) is 0 Å². The average molecular weight is 377 g/mol. The molecular formula is C13H13F6NO3S. The zero-order valence-corrected chi connectivity index (χ0v) is 13.1. The van der Waals surface area contributed by atoms with Gasteiger partial charge in [-0.15, -0.1) is 0 Å². The number of halogens is 6. The average Bonchev–Trinajstić information content (AvgIpc) is 2.81. The first-order valence-electron chi connectivity index (χ1n) is 6.64. The summed E-state index contributed by atoms with van der Waals surface area (Å²) in [4.78, 5) is -1.10. The topological polar surface area (TPSA) is 55.4 Å². The van der Waals surface area contributed by atoms with Crippen LogP contribution in [0.15, 0.2) is 23.1 Å². The normalized spacial score (nSPS) is 22.8. The molecule has 136 valence electrons. The van der Waals surface area contributed by atoms with Crippen molar-refractivity contribution in [3.63, 3.8) is 0 Å². The number of hydrogen-bond donors (Lipinski definition) is 1. The summed E-state index contributed by atoms with van der Waals surface area (Å²) < 4.78 is 108. The molecule has 1 fully saturated rings. The van der Waals surface area contributed by atoms with Crippen LogP contribution in [0.5, 0.6) is 0 Å². The van der Waals surface area contributed by atoms with E-state index in [9.17, 15) is 34.8 Å². The highest BCUT2D eigenvalue weighted by atomic mass is 32.2. The molecule has 1 atom stereocenters. The van der Waals surface area contributed by atoms with Gasteiger partial charge in [0.15, 0.2) is 0 Å². The van der Waals surface area contributed by atoms with Gasteiger partial charge in [0, 0.05) is 6.61 Å². The zero-order valence-electron chi connectivity index (χ0n) is 12.3. The molecule has 11 heteroatoms. The van der Waals surface area contributed by atoms with Crippen molar-refractivity contribution >= 4 is 10.0 Å². The Morgan fingerprint density at radius 1 is 1.04 bits per heavy atom. The number of rotatable bonds is 3. The Morgan fingerprint density at radius 2 is 1.54 bits per heavy atom. The summed E-state index contributed by atoms with van der Waals surface area (Å²) in [6, 6.07) is 0.229. The van der Waals surface area contributed by atoms with Gasteiger partial charge in [0.05, 0.1) is 28.2 Å². The summed E-state index contributed by atoms with van der Waals surface area (Å²) in [6.45, 7) is 1.66. The lowest BCUT2D eigenvalue weighted by Gasteiger charge is -2.24. The van der Waals surface area contributed by atoms with E-state index in [4.69, 9.17) is 4.74 Å². The molecule has 1 aliphatic heterocycles. The molecular weight excluding hydrogens is 364 g/mol. The molecule has 0 saturated carbocycles. The van der Waals surface area contributed by atoms with E-state index in [0.717, 1.165) is 0 Å². The third-order valence-electron chi connectivity index (χ3n) is 3.47. The van der Waals surface area contributed by atoms with Crippen LogP contribution >= 0.6 is 0 Å². The highest BCUT2D eigenvalue weighted by Crippen LogP contribution is 2.37. The number of hydrogen-bond acceptors (Lipinski definition) is 3. The third-order valence-corrected chi connectivity index (χ3v) is 5.09. The van der Waals surface area contributed by atoms with Crippen LogP contribution in [-0.2, 0) is 27.1 Å². The monoisotopic (exact) mass is 377 g/mol. The number of benzene rings is 1. The smallest absolute Gasteiger partial charge is 0.379 e. The fourth-order valence-corrected chi connectivity index (χ4v) is 3.70. The van der Waals surface area contributed by atoms with Crippen molar-refractivity contribution in [3.8, 4) is 0 Å². The van der Waals surface area contributed by atoms with Gasteiger partial charge in [-0.3, -0.25) is 0 Å². The predicted molar refractivity (Wildman–Crippen MR) is 70.6 cm³/mol. The maximum absolute atomic E-state index is 12.8. The summed E-state index contributed by atoms with van der Waals surface area (Å²) in [6.07, 6.45) is -9.99. The molecule has 1 aliphatic rings. The molecule has 0 amide bonds. The second-order valence-corrected chi connectivity index (χ2v) is 7.39. The summed E-state index contributed by atoms with van der Waals surface area (Å²) in [5.41, 5.74) is -4.47. The van der Waals surface area contributed by atoms with Gasteiger partial charge in [0.2, 0.25) is 10.0 Å². The fraction of sp³-hybridized carbons (Fsp3) is 0.538. The van der Waals surface area contributed by atoms with Crippen molar-refractivity contribution in [3.05, 3.63) is 29.3 Å². The van der Waals surface area contributed by atoms with Crippen molar-refractivity contribution in [1.82, 2.24) is 4.72 Å². The van der Waals surface area contributed by atoms with Crippen LogP contribution in [0.25, 0.3) is 0 Å². The molecule has 0 radical (unpaired) electrons. The van der Waals surface area contributed by atoms with Gasteiger partial charge in [-0.2, -0.15) is 26.3 Å². The SMILES string of the molecule is C[C@@]1(NS(=O)(=O)c2cc(C(F)(F)F)cc(C(F)(F)F)c2)CCOC1. The first-order chi connectivity index (χ1) is 10.7. The molecule has 1 heterocycles. The number of ether oxygens (including phenoxy) is 1. The van der Waals surface area contributed by atoms with Crippen molar-refractivity contribution in [2.45, 2.75) is 36.1 Å². The number of alkyl halides is 6. The minimum atomic E-state index is -5.12. The quantitative estimate of drug-likeness (QED) is 0.824. The molecule has 0 aliphatic carbocycles. The van der Waals surface area contributed by atoms with Gasteiger partial charge in [-0.05, 0) is 31.5 Å². The van der Waals surface area contributed by atoms with Crippen LogP contribution in [0, 0.1) is 0 Å². The van der Waals surface area contributed by atoms with Crippen LogP contribution < -0.4 is 4.72 Å². The Balaban J connectivity index is 2.52. The Morgan fingerprint density at radius 3 is 1.92 bits per heavy atom. The molecule has 4 nitrogen and oxygen atoms in total. The van der Waals surface area contributed by atoms with E-state index < -0.39 is 43.9 Å². The summed E-state index contributed by atoms with van der Waals surface area (Å²) >= 11 is 0. The van der Waals surface area contributed by atoms with E-state index in [2.05, 4.69) is 4.72 Å². The summed E-state index contributed by atoms with van der Waals surface area (Å²) in [7, 11) is -4.60. The van der Waals surface area contributed by atoms with Crippen LogP contribution in [0.4, 0.5) is 26.3 Å². The van der Waals surface area contributed by atoms with Crippen molar-refractivity contribution < 1.29 is 39.5 Å². The van der Waals surface area contributed by atoms with Gasteiger partial charge in [0.25, 0.3) is 0 Å². The molecule has 1 saturated heterocycles. The first kappa shape index (κ1) is 19.0. The minimum Gasteiger partial charge on any atom is -0.379 e. The highest BCUT2D eigenvalue weighted by Gasteiger charge is 2.40. The fourth-order valence-electron chi connectivity index (χ4n) is 2.21. The van der Waals surface area contributed by atoms with Gasteiger partial charge >= 0.3 is 12.4 Å². The van der Waals surface area contributed by atoms with E-state index >= 15 is 0 Å². The maximum atomic E-state index is 12.8. The predicted octanol–water partition coefficient (Wildman–Crippen LogP) is 3.18. The first-order valence-corrected chi connectivity index (χ1v) is 8.13. The van der Waals surface area contributed by atoms with E-state index in [1.54, 1.807) is 0 Å². The Labute approximate surface area is 133 Å². The Bertz CT molecular complexity index is 688. The number of sulfonamides is 1. The molecule has 0 bridgehead atoms. The maximum Gasteiger partial charge on any atom is 0.416 e. The molecule has 0 unspecified atom stereocenters. The Hall–Kier alpha value is -1.33. The van der Waals surface area contributed by atoms with Crippen molar-refractivity contribution in [2.24, 2.45) is 0 Å². The highest BCUT2D eigenvalue weighted by molar-refractivity contribution is 7.89. The minimum absolute atomic E-state index is 0.0304. The molecule has 0 spiro atoms. The summed E-state index contributed by atoms with van der Waals surface area (Å²) in [5.74, 6) is 0. The van der Waals surface area contributed by atoms with Gasteiger partial charge in [-0.25, -0.2) is 13.1 Å². The van der Waals surface area contributed by atoms with Gasteiger partial charge < -0.3 is 4.74 Å². The largest absolute Gasteiger partial charge is 0.416 e. The van der Waals surface area contributed by atoms with Crippen LogP contribution in [-0.4, -0.2) is 27.2 Å². The third kappa shape index (κ3) is 4.19. The second kappa shape index (κ2) is 5.88. The van der Waals surface area contributed by atoms with Gasteiger partial charge in [0.1, 0.15) is 0 Å². The molecule has 2 rings (SSSR count). The zero-order chi connectivity index (χ0) is 18.4. The molecule has 0 aromatic heterocycles. The van der Waals surface area contributed by atoms with E-state index in [1.165, 1.54) is 6.92 Å². The number of nitrogens with one attached hydrogen (secondary N) is 1. The van der Waals surface area contributed by atoms with E-state index in [1.807, 2.05) is 0 Å². The molecule has 1 N–H and O–H groups in total. The van der Waals surface area contributed by atoms with Crippen LogP contribution in [0.2, 0.25) is 0 Å². The Kier molecular flexibility index (Phi) is 4.66. The second-order valence-electron chi connectivity index (χ2n) is 5.71. The standard InChI is InChI=1S/C13H13F6NO3S/c1-11(2-3-23-7-11)20-24(21,22)10-5-8(12(14,15)16)4-9(6-10)13(17,18)19/h4-6,20H,2-3,7H2,1H3/t11-/m1/s1. The lowest BCUT2D eigenvalue weighted by Crippen LogP contribution is -2.46. The van der Waals surface area contributed by atoms with E-state index in [-0.39, 0.29) is 37.8 Å². The van der Waals surface area contributed by atoms with Crippen molar-refractivity contribution in [1.29, 1.82) is 0 Å². The van der Waals surface area contributed by atoms with Gasteiger partial charge in [-0.1, -0.05) is 0 Å². The van der Waals surface area contributed by atoms with Crippen molar-refractivity contribution in [2.75, 3.05) is 13.2 Å². The molecule has 1 aromatic carbocycles. The molecule has 24 heavy (non-hydrogen) atoms. The lowest BCUT2D eigenvalue weighted by atomic mass is 10.0. The van der Waals surface area contributed by atoms with E-state index in [0.29, 0.717) is 0 Å². The lowest BCUT2D eigenvalue weighted by molar-refractivity contribution is -0.143. The summed E-state index contributed by atoms with van der Waals surface area (Å²) in [5, 5.41) is 0. The molecule has 1 aromatic rings. The van der Waals surface area contributed by atoms with Crippen LogP contribution in [0.1, 0.15) is 24.5 Å².